The summed E-state index contributed by atoms with van der Waals surface area (Å²) in [6.45, 7) is 4.36. The number of piperidine rings is 3. The molecule has 5 rings (SSSR count). The number of furan rings is 1. The average Bonchev–Trinajstić information content (AvgIpc) is 3.03. The highest BCUT2D eigenvalue weighted by molar-refractivity contribution is 5.58. The molecule has 0 radical (unpaired) electrons. The number of hydrogen-bond acceptors (Lipinski definition) is 3. The smallest absolute Gasteiger partial charge is 0.137 e. The summed E-state index contributed by atoms with van der Waals surface area (Å²) in [7, 11) is 0. The number of rotatable bonds is 4. The van der Waals surface area contributed by atoms with E-state index in [0.717, 1.165) is 18.2 Å². The second kappa shape index (κ2) is 5.86. The fourth-order valence-corrected chi connectivity index (χ4v) is 3.71. The van der Waals surface area contributed by atoms with Crippen molar-refractivity contribution in [2.75, 3.05) is 19.6 Å². The van der Waals surface area contributed by atoms with E-state index in [1.807, 2.05) is 18.2 Å². The molecule has 116 valence electrons. The Morgan fingerprint density at radius 3 is 2.68 bits per heavy atom. The van der Waals surface area contributed by atoms with Gasteiger partial charge in [-0.3, -0.25) is 0 Å². The Hall–Kier alpha value is -1.65. The summed E-state index contributed by atoms with van der Waals surface area (Å²) in [4.78, 5) is 2.53. The van der Waals surface area contributed by atoms with Crippen molar-refractivity contribution in [2.24, 2.45) is 5.92 Å². The summed E-state index contributed by atoms with van der Waals surface area (Å²) in [5, 5.41) is 3.62. The summed E-state index contributed by atoms with van der Waals surface area (Å²) in [5.41, 5.74) is 0.525. The molecule has 0 amide bonds. The van der Waals surface area contributed by atoms with Crippen LogP contribution in [0, 0.1) is 11.7 Å². The van der Waals surface area contributed by atoms with Gasteiger partial charge in [0, 0.05) is 12.6 Å². The first-order chi connectivity index (χ1) is 10.8. The minimum absolute atomic E-state index is 0.242. The quantitative estimate of drug-likeness (QED) is 0.939. The normalized spacial score (nSPS) is 27.2. The lowest BCUT2D eigenvalue weighted by molar-refractivity contribution is 0.0711. The van der Waals surface area contributed by atoms with Gasteiger partial charge in [0.1, 0.15) is 17.3 Å². The van der Waals surface area contributed by atoms with Gasteiger partial charge in [-0.25, -0.2) is 4.39 Å². The van der Waals surface area contributed by atoms with E-state index < -0.39 is 0 Å². The third kappa shape index (κ3) is 2.69. The summed E-state index contributed by atoms with van der Waals surface area (Å²) in [6, 6.07) is 11.1. The highest BCUT2D eigenvalue weighted by Gasteiger charge is 2.33. The van der Waals surface area contributed by atoms with Crippen LogP contribution in [0.1, 0.15) is 18.6 Å². The Morgan fingerprint density at radius 2 is 1.95 bits per heavy atom. The highest BCUT2D eigenvalue weighted by Crippen LogP contribution is 2.28. The van der Waals surface area contributed by atoms with E-state index >= 15 is 0 Å². The van der Waals surface area contributed by atoms with Gasteiger partial charge in [0.2, 0.25) is 0 Å². The number of fused-ring (bicyclic) bond motifs is 3. The molecule has 4 heteroatoms. The number of hydrogen-bond donors (Lipinski definition) is 1. The van der Waals surface area contributed by atoms with Crippen molar-refractivity contribution in [3.05, 3.63) is 48.0 Å². The van der Waals surface area contributed by atoms with Crippen molar-refractivity contribution in [3.8, 4) is 11.3 Å². The van der Waals surface area contributed by atoms with Crippen LogP contribution in [0.3, 0.4) is 0 Å². The minimum Gasteiger partial charge on any atom is -0.460 e. The maximum atomic E-state index is 13.8. The minimum atomic E-state index is -0.242. The standard InChI is InChI=1S/C18H21FN2O/c19-16-4-2-1-3-15(16)18-6-5-14(22-18)11-20-17-12-21-9-7-13(17)8-10-21/h1-6,13,17,20H,7-12H2/t17-/m0/s1. The van der Waals surface area contributed by atoms with Crippen LogP contribution in [0.5, 0.6) is 0 Å². The maximum absolute atomic E-state index is 13.8. The Kier molecular flexibility index (Phi) is 3.72. The Bertz CT molecular complexity index is 646. The zero-order valence-corrected chi connectivity index (χ0v) is 12.6. The topological polar surface area (TPSA) is 28.4 Å². The molecule has 0 unspecified atom stereocenters. The van der Waals surface area contributed by atoms with E-state index in [4.69, 9.17) is 4.42 Å². The summed E-state index contributed by atoms with van der Waals surface area (Å²) in [5.74, 6) is 2.03. The zero-order valence-electron chi connectivity index (χ0n) is 12.6. The van der Waals surface area contributed by atoms with Gasteiger partial charge in [-0.05, 0) is 56.1 Å². The number of nitrogens with zero attached hydrogens (tertiary/aromatic N) is 1. The number of halogens is 1. The van der Waals surface area contributed by atoms with Crippen molar-refractivity contribution in [3.63, 3.8) is 0 Å². The summed E-state index contributed by atoms with van der Waals surface area (Å²) in [6.07, 6.45) is 2.60. The molecule has 2 bridgehead atoms. The van der Waals surface area contributed by atoms with Crippen LogP contribution in [0.25, 0.3) is 11.3 Å². The van der Waals surface area contributed by atoms with Gasteiger partial charge in [0.25, 0.3) is 0 Å². The van der Waals surface area contributed by atoms with Crippen molar-refractivity contribution in [1.29, 1.82) is 0 Å². The molecule has 3 aliphatic rings. The molecule has 3 saturated heterocycles. The molecule has 3 aliphatic heterocycles. The molecule has 1 atom stereocenters. The van der Waals surface area contributed by atoms with Gasteiger partial charge in [0.15, 0.2) is 0 Å². The highest BCUT2D eigenvalue weighted by atomic mass is 19.1. The van der Waals surface area contributed by atoms with E-state index in [9.17, 15) is 4.39 Å². The number of nitrogens with one attached hydrogen (secondary N) is 1. The van der Waals surface area contributed by atoms with E-state index in [1.54, 1.807) is 12.1 Å². The van der Waals surface area contributed by atoms with E-state index in [1.165, 1.54) is 32.0 Å². The van der Waals surface area contributed by atoms with Crippen LogP contribution in [-0.4, -0.2) is 30.6 Å². The van der Waals surface area contributed by atoms with E-state index in [0.29, 0.717) is 23.9 Å². The fourth-order valence-electron chi connectivity index (χ4n) is 3.71. The Labute approximate surface area is 130 Å². The summed E-state index contributed by atoms with van der Waals surface area (Å²) >= 11 is 0. The molecule has 0 saturated carbocycles. The van der Waals surface area contributed by atoms with Gasteiger partial charge < -0.3 is 14.6 Å². The molecule has 0 aliphatic carbocycles. The van der Waals surface area contributed by atoms with E-state index in [-0.39, 0.29) is 5.82 Å². The molecule has 1 aromatic heterocycles. The predicted molar refractivity (Wildman–Crippen MR) is 83.9 cm³/mol. The first kappa shape index (κ1) is 14.0. The Morgan fingerprint density at radius 1 is 1.14 bits per heavy atom. The lowest BCUT2D eigenvalue weighted by Crippen LogP contribution is -2.55. The molecule has 4 heterocycles. The van der Waals surface area contributed by atoms with Crippen LogP contribution in [0.2, 0.25) is 0 Å². The largest absolute Gasteiger partial charge is 0.460 e. The molecular formula is C18H21FN2O. The second-order valence-electron chi connectivity index (χ2n) is 6.37. The number of benzene rings is 1. The van der Waals surface area contributed by atoms with Crippen molar-refractivity contribution < 1.29 is 8.81 Å². The second-order valence-corrected chi connectivity index (χ2v) is 6.37. The predicted octanol–water partition coefficient (Wildman–Crippen LogP) is 3.27. The monoisotopic (exact) mass is 300 g/mol. The fraction of sp³-hybridized carbons (Fsp3) is 0.444. The maximum Gasteiger partial charge on any atom is 0.137 e. The van der Waals surface area contributed by atoms with Crippen molar-refractivity contribution >= 4 is 0 Å². The molecule has 0 spiro atoms. The molecular weight excluding hydrogens is 279 g/mol. The molecule has 1 aromatic carbocycles. The lowest BCUT2D eigenvalue weighted by atomic mass is 9.84. The van der Waals surface area contributed by atoms with Crippen LogP contribution < -0.4 is 5.32 Å². The van der Waals surface area contributed by atoms with Gasteiger partial charge in [-0.1, -0.05) is 12.1 Å². The molecule has 22 heavy (non-hydrogen) atoms. The van der Waals surface area contributed by atoms with E-state index in [2.05, 4.69) is 10.2 Å². The summed E-state index contributed by atoms with van der Waals surface area (Å²) < 4.78 is 19.6. The van der Waals surface area contributed by atoms with Crippen molar-refractivity contribution in [1.82, 2.24) is 10.2 Å². The molecule has 1 N–H and O–H groups in total. The van der Waals surface area contributed by atoms with Gasteiger partial charge in [-0.15, -0.1) is 0 Å². The van der Waals surface area contributed by atoms with Crippen molar-refractivity contribution in [2.45, 2.75) is 25.4 Å². The SMILES string of the molecule is Fc1ccccc1-c1ccc(CN[C@H]2CN3CCC2CC3)o1. The van der Waals surface area contributed by atoms with Crippen LogP contribution >= 0.6 is 0 Å². The first-order valence-electron chi connectivity index (χ1n) is 8.09. The van der Waals surface area contributed by atoms with Gasteiger partial charge in [0.05, 0.1) is 12.1 Å². The first-order valence-corrected chi connectivity index (χ1v) is 8.09. The third-order valence-corrected chi connectivity index (χ3v) is 5.00. The zero-order chi connectivity index (χ0) is 14.9. The van der Waals surface area contributed by atoms with Crippen LogP contribution in [0.4, 0.5) is 4.39 Å². The Balaban J connectivity index is 1.41. The average molecular weight is 300 g/mol. The lowest BCUT2D eigenvalue weighted by Gasteiger charge is -2.45. The van der Waals surface area contributed by atoms with Gasteiger partial charge >= 0.3 is 0 Å². The molecule has 3 nitrogen and oxygen atoms in total. The van der Waals surface area contributed by atoms with Crippen LogP contribution in [-0.2, 0) is 6.54 Å². The third-order valence-electron chi connectivity index (χ3n) is 5.00. The molecule has 2 aromatic rings. The van der Waals surface area contributed by atoms with Gasteiger partial charge in [-0.2, -0.15) is 0 Å². The molecule has 3 fully saturated rings. The van der Waals surface area contributed by atoms with Crippen LogP contribution in [0.15, 0.2) is 40.8 Å².